The number of hydrogen-bond donors (Lipinski definition) is 2. The summed E-state index contributed by atoms with van der Waals surface area (Å²) in [5, 5.41) is 5.03. The standard InChI is InChI=1S/C16H23ClN4/c1-10-5-6-13(7-11(10)2)8-14(19-18)9-15-12(3)20-21(4)16(15)17/h5-7,14,19H,8-9,18H2,1-4H3. The molecule has 4 nitrogen and oxygen atoms in total. The Labute approximate surface area is 131 Å². The van der Waals surface area contributed by atoms with Gasteiger partial charge in [0, 0.05) is 18.7 Å². The average molecular weight is 307 g/mol. The molecule has 0 saturated carbocycles. The zero-order valence-corrected chi connectivity index (χ0v) is 13.8. The normalized spacial score (nSPS) is 12.7. The van der Waals surface area contributed by atoms with E-state index in [-0.39, 0.29) is 6.04 Å². The molecule has 0 saturated heterocycles. The lowest BCUT2D eigenvalue weighted by Crippen LogP contribution is -2.38. The molecule has 1 aromatic heterocycles. The Balaban J connectivity index is 2.14. The summed E-state index contributed by atoms with van der Waals surface area (Å²) in [5.74, 6) is 5.72. The third kappa shape index (κ3) is 3.64. The minimum absolute atomic E-state index is 0.132. The second-order valence-electron chi connectivity index (χ2n) is 5.67. The second-order valence-corrected chi connectivity index (χ2v) is 6.03. The first-order valence-electron chi connectivity index (χ1n) is 7.12. The summed E-state index contributed by atoms with van der Waals surface area (Å²) < 4.78 is 1.70. The van der Waals surface area contributed by atoms with Crippen LogP contribution in [0.2, 0.25) is 5.15 Å². The Hall–Kier alpha value is -1.36. The van der Waals surface area contributed by atoms with Crippen LogP contribution in [0.1, 0.15) is 27.9 Å². The number of aryl methyl sites for hydroxylation is 4. The monoisotopic (exact) mass is 306 g/mol. The highest BCUT2D eigenvalue weighted by molar-refractivity contribution is 6.30. The van der Waals surface area contributed by atoms with Crippen LogP contribution >= 0.6 is 11.6 Å². The predicted molar refractivity (Wildman–Crippen MR) is 87.4 cm³/mol. The fourth-order valence-electron chi connectivity index (χ4n) is 2.56. The van der Waals surface area contributed by atoms with Gasteiger partial charge in [-0.25, -0.2) is 0 Å². The molecule has 1 aromatic carbocycles. The van der Waals surface area contributed by atoms with Crippen LogP contribution in [0.25, 0.3) is 0 Å². The lowest BCUT2D eigenvalue weighted by Gasteiger charge is -2.16. The van der Waals surface area contributed by atoms with Gasteiger partial charge in [0.15, 0.2) is 0 Å². The minimum Gasteiger partial charge on any atom is -0.271 e. The molecule has 0 aliphatic rings. The van der Waals surface area contributed by atoms with Crippen molar-refractivity contribution < 1.29 is 0 Å². The maximum atomic E-state index is 6.30. The van der Waals surface area contributed by atoms with Crippen molar-refractivity contribution in [3.63, 3.8) is 0 Å². The van der Waals surface area contributed by atoms with Crippen molar-refractivity contribution in [2.45, 2.75) is 39.7 Å². The highest BCUT2D eigenvalue weighted by atomic mass is 35.5. The van der Waals surface area contributed by atoms with Crippen molar-refractivity contribution in [2.75, 3.05) is 0 Å². The van der Waals surface area contributed by atoms with Crippen LogP contribution in [0.3, 0.4) is 0 Å². The molecule has 0 aliphatic carbocycles. The van der Waals surface area contributed by atoms with Crippen LogP contribution < -0.4 is 11.3 Å². The molecular formula is C16H23ClN4. The first-order chi connectivity index (χ1) is 9.92. The fraction of sp³-hybridized carbons (Fsp3) is 0.438. The van der Waals surface area contributed by atoms with Crippen molar-refractivity contribution in [2.24, 2.45) is 12.9 Å². The molecule has 0 fully saturated rings. The van der Waals surface area contributed by atoms with Crippen LogP contribution in [-0.4, -0.2) is 15.8 Å². The van der Waals surface area contributed by atoms with Gasteiger partial charge in [0.05, 0.1) is 5.69 Å². The van der Waals surface area contributed by atoms with Crippen molar-refractivity contribution in [1.82, 2.24) is 15.2 Å². The number of hydrogen-bond acceptors (Lipinski definition) is 3. The average Bonchev–Trinajstić information content (AvgIpc) is 2.68. The highest BCUT2D eigenvalue weighted by Crippen LogP contribution is 2.21. The Morgan fingerprint density at radius 2 is 1.95 bits per heavy atom. The van der Waals surface area contributed by atoms with Gasteiger partial charge in [-0.2, -0.15) is 5.10 Å². The van der Waals surface area contributed by atoms with Crippen LogP contribution in [0, 0.1) is 20.8 Å². The lowest BCUT2D eigenvalue weighted by atomic mass is 9.97. The number of halogens is 1. The van der Waals surface area contributed by atoms with Crippen molar-refractivity contribution in [3.8, 4) is 0 Å². The molecule has 0 amide bonds. The topological polar surface area (TPSA) is 55.9 Å². The Kier molecular flexibility index (Phi) is 5.04. The van der Waals surface area contributed by atoms with Gasteiger partial charge < -0.3 is 0 Å². The third-order valence-corrected chi connectivity index (χ3v) is 4.48. The molecule has 0 bridgehead atoms. The summed E-state index contributed by atoms with van der Waals surface area (Å²) in [6, 6.07) is 6.66. The third-order valence-electron chi connectivity index (χ3n) is 4.01. The van der Waals surface area contributed by atoms with Gasteiger partial charge in [-0.1, -0.05) is 29.8 Å². The SMILES string of the molecule is Cc1ccc(CC(Cc2c(C)nn(C)c2Cl)NN)cc1C. The van der Waals surface area contributed by atoms with Gasteiger partial charge in [0.2, 0.25) is 0 Å². The maximum absolute atomic E-state index is 6.30. The van der Waals surface area contributed by atoms with Gasteiger partial charge in [0.1, 0.15) is 5.15 Å². The molecule has 2 rings (SSSR count). The predicted octanol–water partition coefficient (Wildman–Crippen LogP) is 2.62. The van der Waals surface area contributed by atoms with Crippen molar-refractivity contribution in [3.05, 3.63) is 51.3 Å². The van der Waals surface area contributed by atoms with E-state index in [1.165, 1.54) is 16.7 Å². The van der Waals surface area contributed by atoms with E-state index in [0.29, 0.717) is 5.15 Å². The van der Waals surface area contributed by atoms with Crippen LogP contribution in [0.15, 0.2) is 18.2 Å². The number of benzene rings is 1. The van der Waals surface area contributed by atoms with E-state index < -0.39 is 0 Å². The zero-order chi connectivity index (χ0) is 15.6. The number of aromatic nitrogens is 2. The maximum Gasteiger partial charge on any atom is 0.130 e. The van der Waals surface area contributed by atoms with Crippen LogP contribution in [0.4, 0.5) is 0 Å². The molecular weight excluding hydrogens is 284 g/mol. The summed E-state index contributed by atoms with van der Waals surface area (Å²) in [4.78, 5) is 0. The van der Waals surface area contributed by atoms with Gasteiger partial charge in [-0.05, 0) is 50.3 Å². The molecule has 0 spiro atoms. The summed E-state index contributed by atoms with van der Waals surface area (Å²) in [5.41, 5.74) is 8.81. The van der Waals surface area contributed by atoms with E-state index in [0.717, 1.165) is 24.1 Å². The lowest BCUT2D eigenvalue weighted by molar-refractivity contribution is 0.521. The Morgan fingerprint density at radius 3 is 2.48 bits per heavy atom. The van der Waals surface area contributed by atoms with Gasteiger partial charge in [-0.15, -0.1) is 0 Å². The Bertz CT molecular complexity index is 633. The van der Waals surface area contributed by atoms with Gasteiger partial charge in [-0.3, -0.25) is 16.0 Å². The largest absolute Gasteiger partial charge is 0.271 e. The first-order valence-corrected chi connectivity index (χ1v) is 7.50. The van der Waals surface area contributed by atoms with Crippen molar-refractivity contribution in [1.29, 1.82) is 0 Å². The van der Waals surface area contributed by atoms with Gasteiger partial charge in [0.25, 0.3) is 0 Å². The van der Waals surface area contributed by atoms with E-state index in [9.17, 15) is 0 Å². The molecule has 5 heteroatoms. The zero-order valence-electron chi connectivity index (χ0n) is 13.1. The molecule has 0 aliphatic heterocycles. The van der Waals surface area contributed by atoms with E-state index in [4.69, 9.17) is 17.4 Å². The summed E-state index contributed by atoms with van der Waals surface area (Å²) in [6.07, 6.45) is 1.63. The van der Waals surface area contributed by atoms with Gasteiger partial charge >= 0.3 is 0 Å². The van der Waals surface area contributed by atoms with E-state index in [1.807, 2.05) is 14.0 Å². The highest BCUT2D eigenvalue weighted by Gasteiger charge is 2.17. The molecule has 1 unspecified atom stereocenters. The van der Waals surface area contributed by atoms with Crippen LogP contribution in [0.5, 0.6) is 0 Å². The molecule has 1 atom stereocenters. The molecule has 1 heterocycles. The summed E-state index contributed by atoms with van der Waals surface area (Å²) >= 11 is 6.30. The summed E-state index contributed by atoms with van der Waals surface area (Å²) in [6.45, 7) is 6.23. The van der Waals surface area contributed by atoms with E-state index in [2.05, 4.69) is 42.6 Å². The quantitative estimate of drug-likeness (QED) is 0.659. The molecule has 3 N–H and O–H groups in total. The minimum atomic E-state index is 0.132. The number of nitrogens with two attached hydrogens (primary N) is 1. The smallest absolute Gasteiger partial charge is 0.130 e. The second kappa shape index (κ2) is 6.60. The fourth-order valence-corrected chi connectivity index (χ4v) is 2.81. The molecule has 114 valence electrons. The van der Waals surface area contributed by atoms with Crippen LogP contribution in [-0.2, 0) is 19.9 Å². The molecule has 0 radical (unpaired) electrons. The number of nitrogens with zero attached hydrogens (tertiary/aromatic N) is 2. The van der Waals surface area contributed by atoms with E-state index >= 15 is 0 Å². The summed E-state index contributed by atoms with van der Waals surface area (Å²) in [7, 11) is 1.85. The van der Waals surface area contributed by atoms with E-state index in [1.54, 1.807) is 4.68 Å². The number of hydrazine groups is 1. The molecule has 2 aromatic rings. The number of nitrogens with one attached hydrogen (secondary N) is 1. The Morgan fingerprint density at radius 1 is 1.24 bits per heavy atom. The first kappa shape index (κ1) is 16.0. The van der Waals surface area contributed by atoms with Crippen molar-refractivity contribution >= 4 is 11.6 Å². The number of rotatable bonds is 5. The molecule has 21 heavy (non-hydrogen) atoms.